The molecule has 2 aromatic rings. The molecule has 0 spiro atoms. The van der Waals surface area contributed by atoms with Gasteiger partial charge in [-0.2, -0.15) is 5.26 Å². The van der Waals surface area contributed by atoms with Gasteiger partial charge in [-0.25, -0.2) is 4.98 Å². The Morgan fingerprint density at radius 2 is 2.39 bits per heavy atom. The molecule has 1 atom stereocenters. The van der Waals surface area contributed by atoms with Gasteiger partial charge < -0.3 is 9.32 Å². The third-order valence-electron chi connectivity index (χ3n) is 4.35. The summed E-state index contributed by atoms with van der Waals surface area (Å²) in [5.74, 6) is 1.98. The third-order valence-corrected chi connectivity index (χ3v) is 5.27. The van der Waals surface area contributed by atoms with Crippen molar-refractivity contribution in [3.63, 3.8) is 0 Å². The van der Waals surface area contributed by atoms with Crippen molar-refractivity contribution in [3.05, 3.63) is 39.7 Å². The summed E-state index contributed by atoms with van der Waals surface area (Å²) in [6.45, 7) is 7.16. The minimum atomic E-state index is 0.399. The van der Waals surface area contributed by atoms with Crippen LogP contribution in [0.3, 0.4) is 0 Å². The fourth-order valence-electron chi connectivity index (χ4n) is 3.18. The highest BCUT2D eigenvalue weighted by atomic mass is 32.1. The lowest BCUT2D eigenvalue weighted by Gasteiger charge is -2.21. The largest absolute Gasteiger partial charge is 0.449 e. The van der Waals surface area contributed by atoms with E-state index in [0.717, 1.165) is 44.2 Å². The summed E-state index contributed by atoms with van der Waals surface area (Å²) in [6, 6.07) is 5.69. The van der Waals surface area contributed by atoms with Crippen molar-refractivity contribution in [2.24, 2.45) is 5.92 Å². The monoisotopic (exact) mass is 330 g/mol. The Labute approximate surface area is 141 Å². The van der Waals surface area contributed by atoms with Crippen LogP contribution in [-0.4, -0.2) is 41.5 Å². The first-order chi connectivity index (χ1) is 11.1. The van der Waals surface area contributed by atoms with Crippen molar-refractivity contribution < 1.29 is 4.42 Å². The summed E-state index contributed by atoms with van der Waals surface area (Å²) in [6.07, 6.45) is 1.22. The second-order valence-corrected chi connectivity index (χ2v) is 7.26. The number of furan rings is 1. The number of hydrogen-bond acceptors (Lipinski definition) is 6. The summed E-state index contributed by atoms with van der Waals surface area (Å²) in [5, 5.41) is 8.81. The number of likely N-dealkylation sites (tertiary alicyclic amines) is 1. The summed E-state index contributed by atoms with van der Waals surface area (Å²) >= 11 is 1.74. The lowest BCUT2D eigenvalue weighted by atomic mass is 10.1. The molecule has 6 heteroatoms. The number of aromatic nitrogens is 1. The van der Waals surface area contributed by atoms with Crippen molar-refractivity contribution in [1.29, 1.82) is 5.26 Å². The minimum Gasteiger partial charge on any atom is -0.449 e. The highest BCUT2D eigenvalue weighted by Crippen LogP contribution is 2.22. The molecule has 1 unspecified atom stereocenters. The molecule has 0 aliphatic carbocycles. The first kappa shape index (κ1) is 16.2. The van der Waals surface area contributed by atoms with E-state index in [4.69, 9.17) is 9.68 Å². The molecule has 122 valence electrons. The van der Waals surface area contributed by atoms with Crippen LogP contribution in [0.4, 0.5) is 0 Å². The average Bonchev–Trinajstić information content (AvgIpc) is 3.23. The number of rotatable bonds is 6. The molecule has 0 N–H and O–H groups in total. The molecular formula is C17H22N4OS. The fraction of sp³-hybridized carbons (Fsp3) is 0.529. The van der Waals surface area contributed by atoms with Crippen molar-refractivity contribution in [1.82, 2.24) is 14.8 Å². The van der Waals surface area contributed by atoms with Crippen molar-refractivity contribution in [2.45, 2.75) is 26.4 Å². The van der Waals surface area contributed by atoms with Crippen LogP contribution in [0.25, 0.3) is 0 Å². The first-order valence-electron chi connectivity index (χ1n) is 7.92. The van der Waals surface area contributed by atoms with Gasteiger partial charge in [0, 0.05) is 24.5 Å². The second kappa shape index (κ2) is 7.26. The van der Waals surface area contributed by atoms with Crippen LogP contribution in [0.5, 0.6) is 0 Å². The molecule has 1 fully saturated rings. The Hall–Kier alpha value is -1.68. The Balaban J connectivity index is 1.46. The molecule has 2 aromatic heterocycles. The van der Waals surface area contributed by atoms with E-state index in [9.17, 15) is 0 Å². The quantitative estimate of drug-likeness (QED) is 0.815. The molecule has 0 radical (unpaired) electrons. The van der Waals surface area contributed by atoms with E-state index < -0.39 is 0 Å². The van der Waals surface area contributed by atoms with Crippen LogP contribution in [-0.2, 0) is 13.1 Å². The Morgan fingerprint density at radius 3 is 3.09 bits per heavy atom. The van der Waals surface area contributed by atoms with E-state index in [1.165, 1.54) is 11.3 Å². The number of thiazole rings is 1. The van der Waals surface area contributed by atoms with Gasteiger partial charge in [0.05, 0.1) is 17.7 Å². The molecule has 1 saturated heterocycles. The normalized spacial score (nSPS) is 18.6. The van der Waals surface area contributed by atoms with Gasteiger partial charge in [-0.15, -0.1) is 11.3 Å². The highest BCUT2D eigenvalue weighted by Gasteiger charge is 2.24. The van der Waals surface area contributed by atoms with E-state index in [-0.39, 0.29) is 0 Å². The molecule has 0 aromatic carbocycles. The van der Waals surface area contributed by atoms with Gasteiger partial charge >= 0.3 is 0 Å². The lowest BCUT2D eigenvalue weighted by molar-refractivity contribution is 0.247. The first-order valence-corrected chi connectivity index (χ1v) is 8.80. The van der Waals surface area contributed by atoms with Gasteiger partial charge in [0.2, 0.25) is 5.76 Å². The predicted molar refractivity (Wildman–Crippen MR) is 90.0 cm³/mol. The Kier molecular flexibility index (Phi) is 5.11. The maximum absolute atomic E-state index is 8.81. The van der Waals surface area contributed by atoms with Crippen molar-refractivity contribution in [3.8, 4) is 6.07 Å². The molecular weight excluding hydrogens is 308 g/mol. The molecule has 1 aliphatic heterocycles. The number of hydrogen-bond donors (Lipinski definition) is 0. The number of nitriles is 1. The zero-order valence-electron chi connectivity index (χ0n) is 13.7. The van der Waals surface area contributed by atoms with Gasteiger partial charge in [-0.3, -0.25) is 4.90 Å². The number of nitrogens with zero attached hydrogens (tertiary/aromatic N) is 4. The minimum absolute atomic E-state index is 0.399. The zero-order valence-corrected chi connectivity index (χ0v) is 14.5. The van der Waals surface area contributed by atoms with Gasteiger partial charge in [0.15, 0.2) is 0 Å². The van der Waals surface area contributed by atoms with Crippen LogP contribution in [0.15, 0.2) is 22.1 Å². The zero-order chi connectivity index (χ0) is 16.2. The van der Waals surface area contributed by atoms with Gasteiger partial charge in [0.25, 0.3) is 0 Å². The van der Waals surface area contributed by atoms with Gasteiger partial charge in [-0.05, 0) is 45.0 Å². The fourth-order valence-corrected chi connectivity index (χ4v) is 4.03. The standard InChI is InChI=1S/C17H22N4OS/c1-13-17(23-12-19-13)11-20(2)8-14-5-6-21(9-14)10-16-4-3-15(7-18)22-16/h3-4,12,14H,5-6,8-11H2,1-2H3. The maximum Gasteiger partial charge on any atom is 0.203 e. The molecule has 0 amide bonds. The summed E-state index contributed by atoms with van der Waals surface area (Å²) < 4.78 is 5.48. The van der Waals surface area contributed by atoms with Crippen LogP contribution in [0, 0.1) is 24.2 Å². The van der Waals surface area contributed by atoms with Crippen molar-refractivity contribution in [2.75, 3.05) is 26.7 Å². The summed E-state index contributed by atoms with van der Waals surface area (Å²) in [7, 11) is 2.19. The average molecular weight is 330 g/mol. The van der Waals surface area contributed by atoms with Crippen LogP contribution < -0.4 is 0 Å². The summed E-state index contributed by atoms with van der Waals surface area (Å²) in [5.41, 5.74) is 3.08. The topological polar surface area (TPSA) is 56.3 Å². The number of aryl methyl sites for hydroxylation is 1. The van der Waals surface area contributed by atoms with E-state index in [0.29, 0.717) is 11.7 Å². The molecule has 5 nitrogen and oxygen atoms in total. The molecule has 23 heavy (non-hydrogen) atoms. The van der Waals surface area contributed by atoms with Gasteiger partial charge in [0.1, 0.15) is 11.8 Å². The summed E-state index contributed by atoms with van der Waals surface area (Å²) in [4.78, 5) is 10.5. The Bertz CT molecular complexity index is 687. The van der Waals surface area contributed by atoms with Crippen LogP contribution >= 0.6 is 11.3 Å². The molecule has 1 aliphatic rings. The van der Waals surface area contributed by atoms with Crippen LogP contribution in [0.1, 0.15) is 28.5 Å². The lowest BCUT2D eigenvalue weighted by Crippen LogP contribution is -2.27. The molecule has 3 rings (SSSR count). The Morgan fingerprint density at radius 1 is 1.52 bits per heavy atom. The van der Waals surface area contributed by atoms with Gasteiger partial charge in [-0.1, -0.05) is 0 Å². The molecule has 3 heterocycles. The SMILES string of the molecule is Cc1ncsc1CN(C)CC1CCN(Cc2ccc(C#N)o2)C1. The van der Waals surface area contributed by atoms with E-state index >= 15 is 0 Å². The smallest absolute Gasteiger partial charge is 0.203 e. The second-order valence-electron chi connectivity index (χ2n) is 6.33. The third kappa shape index (κ3) is 4.20. The van der Waals surface area contributed by atoms with E-state index in [2.05, 4.69) is 28.8 Å². The molecule has 0 bridgehead atoms. The molecule has 0 saturated carbocycles. The van der Waals surface area contributed by atoms with Crippen LogP contribution in [0.2, 0.25) is 0 Å². The predicted octanol–water partition coefficient (Wildman–Crippen LogP) is 2.87. The maximum atomic E-state index is 8.81. The van der Waals surface area contributed by atoms with E-state index in [1.807, 2.05) is 17.6 Å². The van der Waals surface area contributed by atoms with Crippen molar-refractivity contribution >= 4 is 11.3 Å². The van der Waals surface area contributed by atoms with E-state index in [1.54, 1.807) is 17.4 Å². The highest BCUT2D eigenvalue weighted by molar-refractivity contribution is 7.09.